The molecule has 3 heterocycles. The molecule has 1 aromatic carbocycles. The molecule has 0 bridgehead atoms. The minimum Gasteiger partial charge on any atom is -0.436 e. The van der Waals surface area contributed by atoms with E-state index >= 15 is 0 Å². The van der Waals surface area contributed by atoms with Crippen molar-refractivity contribution in [2.45, 2.75) is 32.4 Å². The van der Waals surface area contributed by atoms with E-state index in [4.69, 9.17) is 4.74 Å². The van der Waals surface area contributed by atoms with Crippen LogP contribution in [0.4, 0.5) is 8.78 Å². The molecule has 0 unspecified atom stereocenters. The number of aromatic nitrogens is 4. The van der Waals surface area contributed by atoms with Crippen LogP contribution in [0, 0.1) is 11.6 Å². The largest absolute Gasteiger partial charge is 0.436 e. The van der Waals surface area contributed by atoms with E-state index in [1.54, 1.807) is 12.1 Å². The number of fused-ring (bicyclic) bond motifs is 1. The topological polar surface area (TPSA) is 81.9 Å². The van der Waals surface area contributed by atoms with Gasteiger partial charge in [-0.05, 0) is 31.0 Å². The average molecular weight is 385 g/mol. The summed E-state index contributed by atoms with van der Waals surface area (Å²) >= 11 is 0. The van der Waals surface area contributed by atoms with E-state index in [1.165, 1.54) is 12.3 Å². The molecule has 7 nitrogen and oxygen atoms in total. The second kappa shape index (κ2) is 7.71. The predicted molar refractivity (Wildman–Crippen MR) is 94.8 cm³/mol. The van der Waals surface area contributed by atoms with Crippen LogP contribution >= 0.6 is 0 Å². The molecule has 1 aliphatic heterocycles. The summed E-state index contributed by atoms with van der Waals surface area (Å²) in [5, 5.41) is 10.8. The quantitative estimate of drug-likeness (QED) is 0.730. The highest BCUT2D eigenvalue weighted by molar-refractivity contribution is 5.90. The summed E-state index contributed by atoms with van der Waals surface area (Å²) < 4.78 is 34.2. The van der Waals surface area contributed by atoms with Gasteiger partial charge < -0.3 is 14.6 Å². The van der Waals surface area contributed by atoms with Crippen molar-refractivity contribution >= 4 is 5.91 Å². The molecule has 1 aliphatic rings. The Bertz CT molecular complexity index is 1020. The number of ether oxygens (including phenoxy) is 1. The second-order valence-electron chi connectivity index (χ2n) is 6.38. The number of benzene rings is 1. The summed E-state index contributed by atoms with van der Waals surface area (Å²) in [6, 6.07) is 6.38. The Balaban J connectivity index is 1.48. The third kappa shape index (κ3) is 3.68. The molecule has 1 amide bonds. The maximum Gasteiger partial charge on any atom is 0.289 e. The lowest BCUT2D eigenvalue weighted by Crippen LogP contribution is -2.27. The highest BCUT2D eigenvalue weighted by Crippen LogP contribution is 2.26. The van der Waals surface area contributed by atoms with Gasteiger partial charge in [0.05, 0.1) is 0 Å². The van der Waals surface area contributed by atoms with Crippen molar-refractivity contribution in [1.82, 2.24) is 25.1 Å². The maximum absolute atomic E-state index is 13.8. The van der Waals surface area contributed by atoms with Gasteiger partial charge in [0.15, 0.2) is 11.6 Å². The molecule has 0 atom stereocenters. The second-order valence-corrected chi connectivity index (χ2v) is 6.38. The minimum absolute atomic E-state index is 0.104. The van der Waals surface area contributed by atoms with Gasteiger partial charge in [-0.15, -0.1) is 10.2 Å². The van der Waals surface area contributed by atoms with Crippen LogP contribution in [-0.4, -0.2) is 25.7 Å². The molecule has 28 heavy (non-hydrogen) atoms. The zero-order valence-electron chi connectivity index (χ0n) is 14.9. The van der Waals surface area contributed by atoms with Crippen LogP contribution in [0.3, 0.4) is 0 Å². The van der Waals surface area contributed by atoms with Crippen molar-refractivity contribution in [2.75, 3.05) is 0 Å². The van der Waals surface area contributed by atoms with Gasteiger partial charge >= 0.3 is 0 Å². The van der Waals surface area contributed by atoms with Crippen molar-refractivity contribution in [1.29, 1.82) is 0 Å². The van der Waals surface area contributed by atoms with Crippen LogP contribution in [-0.2, 0) is 19.5 Å². The fourth-order valence-corrected chi connectivity index (χ4v) is 3.04. The molecule has 0 fully saturated rings. The summed E-state index contributed by atoms with van der Waals surface area (Å²) in [4.78, 5) is 16.6. The predicted octanol–water partition coefficient (Wildman–Crippen LogP) is 3.01. The van der Waals surface area contributed by atoms with E-state index in [0.717, 1.165) is 43.8 Å². The number of carbonyl (C=O) groups excluding carboxylic acids is 1. The molecule has 0 aliphatic carbocycles. The van der Waals surface area contributed by atoms with Crippen molar-refractivity contribution in [2.24, 2.45) is 0 Å². The Hall–Kier alpha value is -3.36. The van der Waals surface area contributed by atoms with Gasteiger partial charge in [-0.2, -0.15) is 0 Å². The smallest absolute Gasteiger partial charge is 0.289 e. The van der Waals surface area contributed by atoms with Gasteiger partial charge in [0.2, 0.25) is 11.7 Å². The lowest BCUT2D eigenvalue weighted by molar-refractivity contribution is 0.0934. The molecule has 3 aromatic rings. The van der Waals surface area contributed by atoms with E-state index < -0.39 is 11.6 Å². The summed E-state index contributed by atoms with van der Waals surface area (Å²) in [6.45, 7) is 0.823. The molecule has 144 valence electrons. The molecular formula is C19H17F2N5O2. The van der Waals surface area contributed by atoms with Crippen LogP contribution in [0.25, 0.3) is 0 Å². The number of carbonyl (C=O) groups is 1. The number of hydrogen-bond acceptors (Lipinski definition) is 5. The molecule has 0 saturated carbocycles. The van der Waals surface area contributed by atoms with Crippen LogP contribution in [0.1, 0.15) is 34.8 Å². The summed E-state index contributed by atoms with van der Waals surface area (Å²) in [7, 11) is 0. The van der Waals surface area contributed by atoms with Crippen LogP contribution in [0.2, 0.25) is 0 Å². The molecule has 9 heteroatoms. The SMILES string of the molecule is O=C(NCc1cccnc1Oc1ccc(F)cc1F)c1nnc2n1CCCC2. The number of nitrogens with one attached hydrogen (secondary N) is 1. The monoisotopic (exact) mass is 385 g/mol. The Kier molecular flexibility index (Phi) is 4.96. The number of pyridine rings is 1. The number of aryl methyl sites for hydroxylation is 1. The summed E-state index contributed by atoms with van der Waals surface area (Å²) in [6.07, 6.45) is 4.31. The Labute approximate surface area is 159 Å². The van der Waals surface area contributed by atoms with E-state index in [1.807, 2.05) is 4.57 Å². The minimum atomic E-state index is -0.837. The van der Waals surface area contributed by atoms with Gasteiger partial charge in [0.25, 0.3) is 5.91 Å². The molecule has 0 spiro atoms. The Morgan fingerprint density at radius 3 is 2.96 bits per heavy atom. The number of hydrogen-bond donors (Lipinski definition) is 1. The first-order chi connectivity index (χ1) is 13.6. The standard InChI is InChI=1S/C19H17F2N5O2/c20-13-6-7-15(14(21)10-13)28-19-12(4-3-8-22-19)11-23-18(27)17-25-24-16-5-1-2-9-26(16)17/h3-4,6-8,10H,1-2,5,9,11H2,(H,23,27). The van der Waals surface area contributed by atoms with Gasteiger partial charge in [0, 0.05) is 37.3 Å². The van der Waals surface area contributed by atoms with Crippen molar-refractivity contribution in [3.05, 3.63) is 65.4 Å². The number of amides is 1. The van der Waals surface area contributed by atoms with E-state index in [-0.39, 0.29) is 29.9 Å². The Morgan fingerprint density at radius 1 is 1.21 bits per heavy atom. The fraction of sp³-hybridized carbons (Fsp3) is 0.263. The molecule has 0 radical (unpaired) electrons. The van der Waals surface area contributed by atoms with Crippen LogP contribution in [0.5, 0.6) is 11.6 Å². The fourth-order valence-electron chi connectivity index (χ4n) is 3.04. The van der Waals surface area contributed by atoms with Gasteiger partial charge in [-0.25, -0.2) is 13.8 Å². The first kappa shape index (κ1) is 18.0. The van der Waals surface area contributed by atoms with Gasteiger partial charge in [-0.1, -0.05) is 6.07 Å². The average Bonchev–Trinajstić information content (AvgIpc) is 3.13. The van der Waals surface area contributed by atoms with Crippen LogP contribution in [0.15, 0.2) is 36.5 Å². The zero-order valence-corrected chi connectivity index (χ0v) is 14.9. The number of nitrogens with zero attached hydrogens (tertiary/aromatic N) is 4. The highest BCUT2D eigenvalue weighted by Gasteiger charge is 2.21. The van der Waals surface area contributed by atoms with Crippen molar-refractivity contribution in [3.63, 3.8) is 0 Å². The van der Waals surface area contributed by atoms with E-state index in [0.29, 0.717) is 5.56 Å². The molecule has 2 aromatic heterocycles. The molecule has 4 rings (SSSR count). The third-order valence-corrected chi connectivity index (χ3v) is 4.45. The van der Waals surface area contributed by atoms with E-state index in [9.17, 15) is 13.6 Å². The van der Waals surface area contributed by atoms with E-state index in [2.05, 4.69) is 20.5 Å². The normalized spacial score (nSPS) is 13.1. The lowest BCUT2D eigenvalue weighted by Gasteiger charge is -2.15. The first-order valence-corrected chi connectivity index (χ1v) is 8.89. The van der Waals surface area contributed by atoms with Crippen molar-refractivity contribution < 1.29 is 18.3 Å². The maximum atomic E-state index is 13.8. The summed E-state index contributed by atoms with van der Waals surface area (Å²) in [5.41, 5.74) is 0.540. The molecular weight excluding hydrogens is 368 g/mol. The third-order valence-electron chi connectivity index (χ3n) is 4.45. The molecule has 1 N–H and O–H groups in total. The lowest BCUT2D eigenvalue weighted by atomic mass is 10.1. The van der Waals surface area contributed by atoms with Gasteiger partial charge in [-0.3, -0.25) is 4.79 Å². The molecule has 0 saturated heterocycles. The zero-order chi connectivity index (χ0) is 19.5. The van der Waals surface area contributed by atoms with Gasteiger partial charge in [0.1, 0.15) is 11.6 Å². The summed E-state index contributed by atoms with van der Waals surface area (Å²) in [5.74, 6) is -0.843. The Morgan fingerprint density at radius 2 is 2.11 bits per heavy atom. The van der Waals surface area contributed by atoms with Crippen molar-refractivity contribution in [3.8, 4) is 11.6 Å². The van der Waals surface area contributed by atoms with Crippen LogP contribution < -0.4 is 10.1 Å². The number of halogens is 2. The highest BCUT2D eigenvalue weighted by atomic mass is 19.1. The first-order valence-electron chi connectivity index (χ1n) is 8.89. The number of rotatable bonds is 5.